The molecule has 1 rings (SSSR count). The van der Waals surface area contributed by atoms with Crippen LogP contribution in [0.4, 0.5) is 11.4 Å². The zero-order chi connectivity index (χ0) is 9.14. The third-order valence-electron chi connectivity index (χ3n) is 1.81. The van der Waals surface area contributed by atoms with Gasteiger partial charge < -0.3 is 11.5 Å². The van der Waals surface area contributed by atoms with E-state index in [1.807, 2.05) is 25.1 Å². The second kappa shape index (κ2) is 3.30. The number of nitrogen functional groups attached to an aromatic ring is 2. The molecule has 12 heavy (non-hydrogen) atoms. The number of aryl methyl sites for hydroxylation is 1. The second-order valence-corrected chi connectivity index (χ2v) is 2.92. The lowest BCUT2D eigenvalue weighted by Crippen LogP contribution is -2.00. The van der Waals surface area contributed by atoms with Crippen molar-refractivity contribution in [3.8, 4) is 0 Å². The van der Waals surface area contributed by atoms with Crippen molar-refractivity contribution < 1.29 is 0 Å². The Hall–Kier alpha value is -1.44. The van der Waals surface area contributed by atoms with Gasteiger partial charge in [-0.3, -0.25) is 0 Å². The SMILES string of the molecule is C=CCc1cc(C)cc(N)c1N. The number of hydrogen-bond donors (Lipinski definition) is 2. The highest BCUT2D eigenvalue weighted by Gasteiger charge is 2.01. The molecule has 0 aliphatic rings. The molecular weight excluding hydrogens is 148 g/mol. The van der Waals surface area contributed by atoms with Crippen molar-refractivity contribution in [3.05, 3.63) is 35.9 Å². The van der Waals surface area contributed by atoms with E-state index in [4.69, 9.17) is 11.5 Å². The number of nitrogens with two attached hydrogens (primary N) is 2. The summed E-state index contributed by atoms with van der Waals surface area (Å²) in [6.45, 7) is 5.66. The van der Waals surface area contributed by atoms with E-state index in [0.717, 1.165) is 17.5 Å². The average molecular weight is 162 g/mol. The summed E-state index contributed by atoms with van der Waals surface area (Å²) in [4.78, 5) is 0. The predicted molar refractivity (Wildman–Crippen MR) is 53.9 cm³/mol. The summed E-state index contributed by atoms with van der Waals surface area (Å²) in [6, 6.07) is 3.91. The maximum atomic E-state index is 5.76. The van der Waals surface area contributed by atoms with Crippen LogP contribution in [0, 0.1) is 6.92 Å². The van der Waals surface area contributed by atoms with E-state index in [9.17, 15) is 0 Å². The van der Waals surface area contributed by atoms with Crippen LogP contribution in [0.2, 0.25) is 0 Å². The normalized spacial score (nSPS) is 9.75. The molecule has 0 fully saturated rings. The van der Waals surface area contributed by atoms with Gasteiger partial charge in [-0.15, -0.1) is 6.58 Å². The molecule has 2 nitrogen and oxygen atoms in total. The number of hydrogen-bond acceptors (Lipinski definition) is 2. The van der Waals surface area contributed by atoms with Gasteiger partial charge in [0, 0.05) is 0 Å². The fourth-order valence-corrected chi connectivity index (χ4v) is 1.23. The van der Waals surface area contributed by atoms with E-state index in [1.54, 1.807) is 0 Å². The number of anilines is 2. The topological polar surface area (TPSA) is 52.0 Å². The Morgan fingerprint density at radius 3 is 2.67 bits per heavy atom. The van der Waals surface area contributed by atoms with Gasteiger partial charge in [-0.2, -0.15) is 0 Å². The maximum Gasteiger partial charge on any atom is 0.0583 e. The van der Waals surface area contributed by atoms with Gasteiger partial charge >= 0.3 is 0 Å². The van der Waals surface area contributed by atoms with Gasteiger partial charge in [-0.1, -0.05) is 12.1 Å². The van der Waals surface area contributed by atoms with Gasteiger partial charge in [0.1, 0.15) is 0 Å². The van der Waals surface area contributed by atoms with Crippen LogP contribution in [0.5, 0.6) is 0 Å². The molecule has 0 saturated carbocycles. The summed E-state index contributed by atoms with van der Waals surface area (Å²) < 4.78 is 0. The number of rotatable bonds is 2. The van der Waals surface area contributed by atoms with Crippen LogP contribution in [0.1, 0.15) is 11.1 Å². The van der Waals surface area contributed by atoms with Crippen molar-refractivity contribution in [2.75, 3.05) is 11.5 Å². The van der Waals surface area contributed by atoms with Crippen molar-refractivity contribution >= 4 is 11.4 Å². The minimum absolute atomic E-state index is 0.659. The molecule has 64 valence electrons. The van der Waals surface area contributed by atoms with Crippen molar-refractivity contribution in [3.63, 3.8) is 0 Å². The minimum atomic E-state index is 0.659. The van der Waals surface area contributed by atoms with Gasteiger partial charge in [0.05, 0.1) is 11.4 Å². The van der Waals surface area contributed by atoms with E-state index in [-0.39, 0.29) is 0 Å². The quantitative estimate of drug-likeness (QED) is 0.515. The van der Waals surface area contributed by atoms with Crippen LogP contribution in [0.3, 0.4) is 0 Å². The molecule has 0 amide bonds. The highest BCUT2D eigenvalue weighted by atomic mass is 14.7. The lowest BCUT2D eigenvalue weighted by Gasteiger charge is -2.07. The molecule has 1 aromatic carbocycles. The first-order valence-corrected chi connectivity index (χ1v) is 3.90. The van der Waals surface area contributed by atoms with Gasteiger partial charge in [-0.25, -0.2) is 0 Å². The Morgan fingerprint density at radius 1 is 1.42 bits per heavy atom. The van der Waals surface area contributed by atoms with Gasteiger partial charge in [0.2, 0.25) is 0 Å². The highest BCUT2D eigenvalue weighted by Crippen LogP contribution is 2.22. The lowest BCUT2D eigenvalue weighted by atomic mass is 10.1. The van der Waals surface area contributed by atoms with Gasteiger partial charge in [-0.05, 0) is 30.5 Å². The summed E-state index contributed by atoms with van der Waals surface area (Å²) in [7, 11) is 0. The highest BCUT2D eigenvalue weighted by molar-refractivity contribution is 5.68. The fourth-order valence-electron chi connectivity index (χ4n) is 1.23. The van der Waals surface area contributed by atoms with Crippen LogP contribution in [-0.2, 0) is 6.42 Å². The van der Waals surface area contributed by atoms with Crippen LogP contribution in [-0.4, -0.2) is 0 Å². The van der Waals surface area contributed by atoms with E-state index in [1.165, 1.54) is 0 Å². The molecule has 0 unspecified atom stereocenters. The Kier molecular flexibility index (Phi) is 2.38. The number of benzene rings is 1. The van der Waals surface area contributed by atoms with Crippen LogP contribution in [0.15, 0.2) is 24.8 Å². The van der Waals surface area contributed by atoms with Crippen LogP contribution in [0.25, 0.3) is 0 Å². The van der Waals surface area contributed by atoms with Gasteiger partial charge in [0.15, 0.2) is 0 Å². The zero-order valence-electron chi connectivity index (χ0n) is 7.30. The Morgan fingerprint density at radius 2 is 2.08 bits per heavy atom. The molecular formula is C10H14N2. The zero-order valence-corrected chi connectivity index (χ0v) is 7.30. The van der Waals surface area contributed by atoms with Crippen molar-refractivity contribution in [2.24, 2.45) is 0 Å². The molecule has 0 spiro atoms. The molecule has 0 aliphatic carbocycles. The van der Waals surface area contributed by atoms with E-state index in [2.05, 4.69) is 6.58 Å². The summed E-state index contributed by atoms with van der Waals surface area (Å²) in [5.41, 5.74) is 15.0. The largest absolute Gasteiger partial charge is 0.397 e. The van der Waals surface area contributed by atoms with Crippen molar-refractivity contribution in [1.29, 1.82) is 0 Å². The molecule has 1 aromatic rings. The Bertz CT molecular complexity index is 303. The fraction of sp³-hybridized carbons (Fsp3) is 0.200. The second-order valence-electron chi connectivity index (χ2n) is 2.92. The van der Waals surface area contributed by atoms with Gasteiger partial charge in [0.25, 0.3) is 0 Å². The first-order chi connectivity index (χ1) is 5.65. The maximum absolute atomic E-state index is 5.76. The molecule has 0 radical (unpaired) electrons. The molecule has 4 N–H and O–H groups in total. The molecule has 0 aliphatic heterocycles. The summed E-state index contributed by atoms with van der Waals surface area (Å²) in [5.74, 6) is 0. The van der Waals surface area contributed by atoms with Crippen molar-refractivity contribution in [2.45, 2.75) is 13.3 Å². The molecule has 0 saturated heterocycles. The summed E-state index contributed by atoms with van der Waals surface area (Å²) >= 11 is 0. The lowest BCUT2D eigenvalue weighted by molar-refractivity contribution is 1.26. The van der Waals surface area contributed by atoms with Crippen LogP contribution >= 0.6 is 0 Å². The number of allylic oxidation sites excluding steroid dienone is 1. The Labute approximate surface area is 72.9 Å². The summed E-state index contributed by atoms with van der Waals surface area (Å²) in [6.07, 6.45) is 2.60. The monoisotopic (exact) mass is 162 g/mol. The van der Waals surface area contributed by atoms with Crippen molar-refractivity contribution in [1.82, 2.24) is 0 Å². The third kappa shape index (κ3) is 1.59. The van der Waals surface area contributed by atoms with E-state index < -0.39 is 0 Å². The van der Waals surface area contributed by atoms with E-state index in [0.29, 0.717) is 11.4 Å². The molecule has 2 heteroatoms. The standard InChI is InChI=1S/C10H14N2/c1-3-4-8-5-7(2)6-9(11)10(8)12/h3,5-6H,1,4,11-12H2,2H3. The first kappa shape index (κ1) is 8.65. The molecule has 0 heterocycles. The smallest absolute Gasteiger partial charge is 0.0583 e. The predicted octanol–water partition coefficient (Wildman–Crippen LogP) is 1.89. The molecule has 0 atom stereocenters. The molecule has 0 aromatic heterocycles. The Balaban J connectivity index is 3.17. The average Bonchev–Trinajstić information content (AvgIpc) is 2.00. The third-order valence-corrected chi connectivity index (χ3v) is 1.81. The molecule has 0 bridgehead atoms. The van der Waals surface area contributed by atoms with Crippen LogP contribution < -0.4 is 11.5 Å². The van der Waals surface area contributed by atoms with E-state index >= 15 is 0 Å². The minimum Gasteiger partial charge on any atom is -0.397 e. The summed E-state index contributed by atoms with van der Waals surface area (Å²) in [5, 5.41) is 0. The first-order valence-electron chi connectivity index (χ1n) is 3.90.